The van der Waals surface area contributed by atoms with Gasteiger partial charge in [-0.1, -0.05) is 77.4 Å². The standard InChI is InChI=1S/C21H42NOP/c1-6-9-10-11-12-13-15-20(14-7-2)23-24-21(5,8-3)22-17-16-19(4)18-22/h16,20,24H,6-15,17-18H2,1-5H3. The zero-order chi connectivity index (χ0) is 17.8. The van der Waals surface area contributed by atoms with Gasteiger partial charge in [0.05, 0.1) is 11.4 Å². The average molecular weight is 356 g/mol. The molecule has 3 heteroatoms. The average Bonchev–Trinajstić information content (AvgIpc) is 3.02. The van der Waals surface area contributed by atoms with Crippen LogP contribution in [0.5, 0.6) is 0 Å². The molecule has 0 saturated heterocycles. The molecule has 1 aliphatic rings. The summed E-state index contributed by atoms with van der Waals surface area (Å²) in [6.07, 6.45) is 16.0. The fourth-order valence-corrected chi connectivity index (χ4v) is 4.48. The molecule has 3 unspecified atom stereocenters. The maximum absolute atomic E-state index is 6.48. The lowest BCUT2D eigenvalue weighted by Crippen LogP contribution is -2.41. The Morgan fingerprint density at radius 3 is 2.38 bits per heavy atom. The van der Waals surface area contributed by atoms with E-state index >= 15 is 0 Å². The molecule has 0 radical (unpaired) electrons. The topological polar surface area (TPSA) is 12.5 Å². The van der Waals surface area contributed by atoms with Gasteiger partial charge < -0.3 is 4.52 Å². The Labute approximate surface area is 153 Å². The minimum absolute atomic E-state index is 0.210. The van der Waals surface area contributed by atoms with E-state index in [1.54, 1.807) is 0 Å². The molecule has 2 nitrogen and oxygen atoms in total. The van der Waals surface area contributed by atoms with Gasteiger partial charge in [-0.25, -0.2) is 0 Å². The monoisotopic (exact) mass is 355 g/mol. The summed E-state index contributed by atoms with van der Waals surface area (Å²) < 4.78 is 6.48. The Bertz CT molecular complexity index is 358. The molecule has 0 saturated carbocycles. The first kappa shape index (κ1) is 22.1. The highest BCUT2D eigenvalue weighted by atomic mass is 31.1. The lowest BCUT2D eigenvalue weighted by atomic mass is 10.0. The number of hydrogen-bond acceptors (Lipinski definition) is 2. The molecule has 0 aromatic heterocycles. The van der Waals surface area contributed by atoms with Crippen LogP contribution in [-0.2, 0) is 4.52 Å². The Morgan fingerprint density at radius 1 is 1.08 bits per heavy atom. The lowest BCUT2D eigenvalue weighted by molar-refractivity contribution is 0.163. The van der Waals surface area contributed by atoms with E-state index in [4.69, 9.17) is 4.52 Å². The van der Waals surface area contributed by atoms with Gasteiger partial charge in [0.25, 0.3) is 0 Å². The van der Waals surface area contributed by atoms with Crippen molar-refractivity contribution in [1.29, 1.82) is 0 Å². The van der Waals surface area contributed by atoms with Crippen LogP contribution in [0.2, 0.25) is 0 Å². The highest BCUT2D eigenvalue weighted by molar-refractivity contribution is 7.34. The van der Waals surface area contributed by atoms with E-state index in [-0.39, 0.29) is 5.28 Å². The first-order valence-corrected chi connectivity index (χ1v) is 11.3. The molecule has 0 bridgehead atoms. The second-order valence-electron chi connectivity index (χ2n) is 7.75. The predicted molar refractivity (Wildman–Crippen MR) is 110 cm³/mol. The Kier molecular flexibility index (Phi) is 11.5. The van der Waals surface area contributed by atoms with Crippen LogP contribution in [0.25, 0.3) is 0 Å². The van der Waals surface area contributed by atoms with Crippen LogP contribution in [0.4, 0.5) is 0 Å². The van der Waals surface area contributed by atoms with E-state index in [1.165, 1.54) is 69.8 Å². The van der Waals surface area contributed by atoms with E-state index in [9.17, 15) is 0 Å². The van der Waals surface area contributed by atoms with Crippen LogP contribution in [0, 0.1) is 0 Å². The third kappa shape index (κ3) is 7.98. The molecule has 142 valence electrons. The summed E-state index contributed by atoms with van der Waals surface area (Å²) in [5.74, 6) is 0. The van der Waals surface area contributed by atoms with Crippen LogP contribution in [0.15, 0.2) is 11.6 Å². The zero-order valence-corrected chi connectivity index (χ0v) is 18.0. The summed E-state index contributed by atoms with van der Waals surface area (Å²) in [5.41, 5.74) is 1.51. The molecule has 0 aromatic rings. The van der Waals surface area contributed by atoms with Gasteiger partial charge in [0.2, 0.25) is 0 Å². The van der Waals surface area contributed by atoms with Gasteiger partial charge in [0.1, 0.15) is 0 Å². The second kappa shape index (κ2) is 12.4. The minimum Gasteiger partial charge on any atom is -0.357 e. The molecule has 0 N–H and O–H groups in total. The first-order chi connectivity index (χ1) is 11.6. The van der Waals surface area contributed by atoms with Crippen LogP contribution >= 0.6 is 8.81 Å². The second-order valence-corrected chi connectivity index (χ2v) is 9.26. The molecule has 0 aromatic carbocycles. The van der Waals surface area contributed by atoms with Crippen molar-refractivity contribution in [3.8, 4) is 0 Å². The molecule has 3 atom stereocenters. The number of unbranched alkanes of at least 4 members (excludes halogenated alkanes) is 5. The van der Waals surface area contributed by atoms with Crippen molar-refractivity contribution in [2.45, 2.75) is 110 Å². The highest BCUT2D eigenvalue weighted by Gasteiger charge is 2.33. The van der Waals surface area contributed by atoms with E-state index in [0.29, 0.717) is 14.9 Å². The normalized spacial score (nSPS) is 19.8. The van der Waals surface area contributed by atoms with Crippen LogP contribution in [0.3, 0.4) is 0 Å². The largest absolute Gasteiger partial charge is 0.357 e. The van der Waals surface area contributed by atoms with Crippen molar-refractivity contribution in [3.05, 3.63) is 11.6 Å². The maximum atomic E-state index is 6.48. The number of nitrogens with zero attached hydrogens (tertiary/aromatic N) is 1. The third-order valence-corrected chi connectivity index (χ3v) is 6.98. The summed E-state index contributed by atoms with van der Waals surface area (Å²) >= 11 is 0. The third-order valence-electron chi connectivity index (χ3n) is 5.42. The van der Waals surface area contributed by atoms with Gasteiger partial charge in [-0.3, -0.25) is 4.90 Å². The Balaban J connectivity index is 2.34. The predicted octanol–water partition coefficient (Wildman–Crippen LogP) is 6.90. The zero-order valence-electron chi connectivity index (χ0n) is 17.0. The molecule has 0 amide bonds. The molecule has 1 aliphatic heterocycles. The molecule has 1 heterocycles. The van der Waals surface area contributed by atoms with Crippen molar-refractivity contribution in [2.24, 2.45) is 0 Å². The molecular formula is C21H42NOP. The smallest absolute Gasteiger partial charge is 0.0615 e. The number of rotatable bonds is 14. The minimum atomic E-state index is 0.210. The Morgan fingerprint density at radius 2 is 1.79 bits per heavy atom. The highest BCUT2D eigenvalue weighted by Crippen LogP contribution is 2.42. The molecule has 1 rings (SSSR count). The Hall–Kier alpha value is 0.0900. The summed E-state index contributed by atoms with van der Waals surface area (Å²) in [6.45, 7) is 13.7. The fraction of sp³-hybridized carbons (Fsp3) is 0.905. The van der Waals surface area contributed by atoms with Gasteiger partial charge in [0, 0.05) is 21.9 Å². The fourth-order valence-electron chi connectivity index (χ4n) is 3.38. The van der Waals surface area contributed by atoms with Gasteiger partial charge in [-0.2, -0.15) is 0 Å². The van der Waals surface area contributed by atoms with E-state index in [1.807, 2.05) is 0 Å². The van der Waals surface area contributed by atoms with Crippen molar-refractivity contribution >= 4 is 8.81 Å². The quantitative estimate of drug-likeness (QED) is 0.191. The van der Waals surface area contributed by atoms with E-state index in [0.717, 1.165) is 13.1 Å². The van der Waals surface area contributed by atoms with Crippen LogP contribution in [0.1, 0.15) is 98.8 Å². The molecule has 0 aliphatic carbocycles. The summed E-state index contributed by atoms with van der Waals surface area (Å²) in [7, 11) is 0.595. The van der Waals surface area contributed by atoms with Crippen LogP contribution < -0.4 is 0 Å². The van der Waals surface area contributed by atoms with E-state index in [2.05, 4.69) is 45.6 Å². The maximum Gasteiger partial charge on any atom is 0.0615 e. The first-order valence-electron chi connectivity index (χ1n) is 10.4. The van der Waals surface area contributed by atoms with Gasteiger partial charge in [-0.15, -0.1) is 0 Å². The number of hydrogen-bond donors (Lipinski definition) is 0. The molecule has 24 heavy (non-hydrogen) atoms. The van der Waals surface area contributed by atoms with Crippen LogP contribution in [-0.4, -0.2) is 29.4 Å². The molecular weight excluding hydrogens is 313 g/mol. The lowest BCUT2D eigenvalue weighted by Gasteiger charge is -2.38. The van der Waals surface area contributed by atoms with Gasteiger partial charge in [-0.05, 0) is 33.1 Å². The van der Waals surface area contributed by atoms with Gasteiger partial charge >= 0.3 is 0 Å². The van der Waals surface area contributed by atoms with E-state index < -0.39 is 0 Å². The van der Waals surface area contributed by atoms with Crippen molar-refractivity contribution in [1.82, 2.24) is 4.90 Å². The summed E-state index contributed by atoms with van der Waals surface area (Å²) in [5, 5.41) is 0.210. The van der Waals surface area contributed by atoms with Crippen molar-refractivity contribution in [2.75, 3.05) is 13.1 Å². The van der Waals surface area contributed by atoms with Crippen molar-refractivity contribution in [3.63, 3.8) is 0 Å². The summed E-state index contributed by atoms with van der Waals surface area (Å²) in [6, 6.07) is 0. The summed E-state index contributed by atoms with van der Waals surface area (Å²) in [4.78, 5) is 2.61. The molecule has 0 spiro atoms. The SMILES string of the molecule is CCCCCCCCC(CCC)OPC(C)(CC)N1CC=C(C)C1. The van der Waals surface area contributed by atoms with Gasteiger partial charge in [0.15, 0.2) is 0 Å². The van der Waals surface area contributed by atoms with Crippen molar-refractivity contribution < 1.29 is 4.52 Å². The molecule has 0 fully saturated rings.